The minimum atomic E-state index is -0.616. The van der Waals surface area contributed by atoms with Gasteiger partial charge in [0.15, 0.2) is 0 Å². The number of carbonyl (C=O) groups excluding carboxylic acids is 1. The Hall–Kier alpha value is -2.73. The van der Waals surface area contributed by atoms with Crippen LogP contribution in [0.2, 0.25) is 0 Å². The maximum atomic E-state index is 14.8. The van der Waals surface area contributed by atoms with Crippen LogP contribution in [-0.4, -0.2) is 53.4 Å². The Balaban J connectivity index is 1.70. The molecule has 2 heterocycles. The van der Waals surface area contributed by atoms with Gasteiger partial charge in [0.25, 0.3) is 0 Å². The number of aryl methyl sites for hydroxylation is 1. The Morgan fingerprint density at radius 2 is 1.84 bits per heavy atom. The number of likely N-dealkylation sites (N-methyl/N-ethyl adjacent to an activating group) is 1. The van der Waals surface area contributed by atoms with E-state index in [1.807, 2.05) is 23.2 Å². The van der Waals surface area contributed by atoms with Crippen molar-refractivity contribution < 1.29 is 13.6 Å². The first-order valence-corrected chi connectivity index (χ1v) is 11.1. The first-order valence-electron chi connectivity index (χ1n) is 11.1. The molecule has 1 atom stereocenters. The van der Waals surface area contributed by atoms with Crippen molar-refractivity contribution in [3.63, 3.8) is 0 Å². The van der Waals surface area contributed by atoms with Crippen molar-refractivity contribution in [3.05, 3.63) is 70.9 Å². The Labute approximate surface area is 181 Å². The zero-order valence-corrected chi connectivity index (χ0v) is 18.1. The molecule has 1 fully saturated rings. The van der Waals surface area contributed by atoms with Crippen LogP contribution in [0.4, 0.5) is 8.78 Å². The van der Waals surface area contributed by atoms with Gasteiger partial charge in [0.05, 0.1) is 0 Å². The fraction of sp³-hybridized carbons (Fsp3) is 0.400. The SMILES string of the molecule is CCc1cccc2c([C@H](CC(=O)N3CCN(CC)CC3)c3ccc(F)cc3F)c[nH]c12. The van der Waals surface area contributed by atoms with E-state index in [0.29, 0.717) is 18.7 Å². The minimum absolute atomic E-state index is 0.00507. The van der Waals surface area contributed by atoms with Crippen LogP contribution in [0.15, 0.2) is 42.6 Å². The van der Waals surface area contributed by atoms with Crippen molar-refractivity contribution >= 4 is 16.8 Å². The summed E-state index contributed by atoms with van der Waals surface area (Å²) in [6.45, 7) is 8.24. The third kappa shape index (κ3) is 4.35. The molecular formula is C25H29F2N3O. The fourth-order valence-electron chi connectivity index (χ4n) is 4.61. The summed E-state index contributed by atoms with van der Waals surface area (Å²) >= 11 is 0. The summed E-state index contributed by atoms with van der Waals surface area (Å²) in [5.74, 6) is -1.72. The smallest absolute Gasteiger partial charge is 0.223 e. The van der Waals surface area contributed by atoms with Gasteiger partial charge >= 0.3 is 0 Å². The second-order valence-corrected chi connectivity index (χ2v) is 8.17. The predicted molar refractivity (Wildman–Crippen MR) is 119 cm³/mol. The lowest BCUT2D eigenvalue weighted by Crippen LogP contribution is -2.48. The Morgan fingerprint density at radius 3 is 2.52 bits per heavy atom. The topological polar surface area (TPSA) is 39.3 Å². The molecule has 0 spiro atoms. The molecule has 1 N–H and O–H groups in total. The van der Waals surface area contributed by atoms with Gasteiger partial charge in [-0.25, -0.2) is 8.78 Å². The molecule has 2 aromatic carbocycles. The number of piperazine rings is 1. The number of H-pyrrole nitrogens is 1. The van der Waals surface area contributed by atoms with Crippen LogP contribution in [0.5, 0.6) is 0 Å². The lowest BCUT2D eigenvalue weighted by molar-refractivity contribution is -0.133. The van der Waals surface area contributed by atoms with Crippen molar-refractivity contribution in [3.8, 4) is 0 Å². The molecular weight excluding hydrogens is 396 g/mol. The number of carbonyl (C=O) groups is 1. The first-order chi connectivity index (χ1) is 15.0. The zero-order chi connectivity index (χ0) is 22.0. The van der Waals surface area contributed by atoms with Crippen LogP contribution in [-0.2, 0) is 11.2 Å². The molecule has 1 saturated heterocycles. The number of hydrogen-bond acceptors (Lipinski definition) is 2. The normalized spacial score (nSPS) is 16.1. The van der Waals surface area contributed by atoms with Crippen molar-refractivity contribution in [1.82, 2.24) is 14.8 Å². The second-order valence-electron chi connectivity index (χ2n) is 8.17. The minimum Gasteiger partial charge on any atom is -0.361 e. The second kappa shape index (κ2) is 9.18. The van der Waals surface area contributed by atoms with Gasteiger partial charge in [-0.05, 0) is 35.7 Å². The van der Waals surface area contributed by atoms with Crippen molar-refractivity contribution in [2.45, 2.75) is 32.6 Å². The van der Waals surface area contributed by atoms with E-state index in [0.717, 1.165) is 48.6 Å². The van der Waals surface area contributed by atoms with Crippen molar-refractivity contribution in [2.24, 2.45) is 0 Å². The van der Waals surface area contributed by atoms with E-state index in [1.165, 1.54) is 17.7 Å². The number of halogens is 2. The molecule has 1 amide bonds. The number of aromatic amines is 1. The Bertz CT molecular complexity index is 1070. The highest BCUT2D eigenvalue weighted by Gasteiger charge is 2.28. The van der Waals surface area contributed by atoms with E-state index in [4.69, 9.17) is 0 Å². The monoisotopic (exact) mass is 425 g/mol. The van der Waals surface area contributed by atoms with Gasteiger partial charge in [0, 0.05) is 61.7 Å². The van der Waals surface area contributed by atoms with Crippen molar-refractivity contribution in [1.29, 1.82) is 0 Å². The molecule has 1 aliphatic heterocycles. The molecule has 0 bridgehead atoms. The molecule has 31 heavy (non-hydrogen) atoms. The number of nitrogens with zero attached hydrogens (tertiary/aromatic N) is 2. The number of hydrogen-bond donors (Lipinski definition) is 1. The maximum Gasteiger partial charge on any atom is 0.223 e. The van der Waals surface area contributed by atoms with Gasteiger partial charge in [-0.15, -0.1) is 0 Å². The molecule has 0 unspecified atom stereocenters. The quantitative estimate of drug-likeness (QED) is 0.622. The summed E-state index contributed by atoms with van der Waals surface area (Å²) in [7, 11) is 0. The van der Waals surface area contributed by atoms with Crippen LogP contribution in [0.25, 0.3) is 10.9 Å². The molecule has 3 aromatic rings. The molecule has 4 nitrogen and oxygen atoms in total. The molecule has 0 saturated carbocycles. The molecule has 0 radical (unpaired) electrons. The summed E-state index contributed by atoms with van der Waals surface area (Å²) in [4.78, 5) is 20.7. The zero-order valence-electron chi connectivity index (χ0n) is 18.1. The Morgan fingerprint density at radius 1 is 1.06 bits per heavy atom. The highest BCUT2D eigenvalue weighted by molar-refractivity contribution is 5.88. The van der Waals surface area contributed by atoms with Gasteiger partial charge in [-0.1, -0.05) is 38.1 Å². The first kappa shape index (κ1) is 21.5. The molecule has 1 aliphatic rings. The predicted octanol–water partition coefficient (Wildman–Crippen LogP) is 4.69. The third-order valence-electron chi connectivity index (χ3n) is 6.48. The number of nitrogens with one attached hydrogen (secondary N) is 1. The van der Waals surface area contributed by atoms with Gasteiger partial charge in [0.1, 0.15) is 11.6 Å². The highest BCUT2D eigenvalue weighted by atomic mass is 19.1. The molecule has 1 aromatic heterocycles. The number of fused-ring (bicyclic) bond motifs is 1. The lowest BCUT2D eigenvalue weighted by atomic mass is 9.87. The summed E-state index contributed by atoms with van der Waals surface area (Å²) in [6, 6.07) is 9.69. The van der Waals surface area contributed by atoms with Gasteiger partial charge in [-0.2, -0.15) is 0 Å². The summed E-state index contributed by atoms with van der Waals surface area (Å²) < 4.78 is 28.4. The number of para-hydroxylation sites is 1. The molecule has 164 valence electrons. The van der Waals surface area contributed by atoms with E-state index >= 15 is 0 Å². The van der Waals surface area contributed by atoms with Gasteiger partial charge < -0.3 is 14.8 Å². The fourth-order valence-corrected chi connectivity index (χ4v) is 4.61. The van der Waals surface area contributed by atoms with Gasteiger partial charge in [0.2, 0.25) is 5.91 Å². The summed E-state index contributed by atoms with van der Waals surface area (Å²) in [5, 5.41) is 0.983. The average molecular weight is 426 g/mol. The Kier molecular flexibility index (Phi) is 6.37. The molecule has 4 rings (SSSR count). The van der Waals surface area contributed by atoms with Crippen LogP contribution in [0.1, 0.15) is 42.9 Å². The highest BCUT2D eigenvalue weighted by Crippen LogP contribution is 2.36. The molecule has 0 aliphatic carbocycles. The number of amides is 1. The maximum absolute atomic E-state index is 14.8. The van der Waals surface area contributed by atoms with Gasteiger partial charge in [-0.3, -0.25) is 4.79 Å². The van der Waals surface area contributed by atoms with E-state index in [1.54, 1.807) is 0 Å². The standard InChI is InChI=1S/C25H29F2N3O/c1-3-17-6-5-7-20-22(16-28-25(17)20)21(19-9-8-18(26)14-23(19)27)15-24(31)30-12-10-29(4-2)11-13-30/h5-9,14,16,21,28H,3-4,10-13,15H2,1-2H3/t21-/m1/s1. The van der Waals surface area contributed by atoms with Crippen LogP contribution < -0.4 is 0 Å². The average Bonchev–Trinajstić information content (AvgIpc) is 3.22. The van der Waals surface area contributed by atoms with Crippen LogP contribution >= 0.6 is 0 Å². The summed E-state index contributed by atoms with van der Waals surface area (Å²) in [5.41, 5.74) is 3.40. The van der Waals surface area contributed by atoms with Crippen molar-refractivity contribution in [2.75, 3.05) is 32.7 Å². The van der Waals surface area contributed by atoms with Crippen LogP contribution in [0.3, 0.4) is 0 Å². The van der Waals surface area contributed by atoms with E-state index in [2.05, 4.69) is 29.8 Å². The third-order valence-corrected chi connectivity index (χ3v) is 6.48. The van der Waals surface area contributed by atoms with E-state index < -0.39 is 17.6 Å². The largest absolute Gasteiger partial charge is 0.361 e. The molecule has 6 heteroatoms. The number of rotatable bonds is 6. The lowest BCUT2D eigenvalue weighted by Gasteiger charge is -2.35. The van der Waals surface area contributed by atoms with E-state index in [-0.39, 0.29) is 12.3 Å². The van der Waals surface area contributed by atoms with E-state index in [9.17, 15) is 13.6 Å². The summed E-state index contributed by atoms with van der Waals surface area (Å²) in [6.07, 6.45) is 2.89. The van der Waals surface area contributed by atoms with Crippen LogP contribution in [0, 0.1) is 11.6 Å². The number of benzene rings is 2. The number of aromatic nitrogens is 1.